The number of halogens is 2. The van der Waals surface area contributed by atoms with E-state index in [2.05, 4.69) is 0 Å². The quantitative estimate of drug-likeness (QED) is 0.229. The van der Waals surface area contributed by atoms with E-state index in [-0.39, 0.29) is 39.5 Å². The highest BCUT2D eigenvalue weighted by Crippen LogP contribution is 2.37. The highest BCUT2D eigenvalue weighted by Gasteiger charge is 2.35. The normalized spacial score (nSPS) is 14.7. The van der Waals surface area contributed by atoms with Crippen molar-refractivity contribution in [3.05, 3.63) is 87.5 Å². The number of carbonyl (C=O) groups excluding carboxylic acids is 2. The molecule has 0 aromatic heterocycles. The van der Waals surface area contributed by atoms with Gasteiger partial charge < -0.3 is 13.7 Å². The summed E-state index contributed by atoms with van der Waals surface area (Å²) in [5, 5.41) is -0.397. The SMILES string of the molecule is CCOc1cc(/C=C2\SC(=O)N(Cc3ccc(F)cc3Cl)C2=O)ccc1OS(=O)(=O)c1ccc(OC)cc1. The molecule has 1 aliphatic rings. The Hall–Kier alpha value is -3.54. The summed E-state index contributed by atoms with van der Waals surface area (Å²) >= 11 is 6.79. The van der Waals surface area contributed by atoms with Gasteiger partial charge in [0.25, 0.3) is 11.1 Å². The third-order valence-electron chi connectivity index (χ3n) is 5.33. The molecule has 0 atom stereocenters. The van der Waals surface area contributed by atoms with Gasteiger partial charge in [0.15, 0.2) is 11.5 Å². The largest absolute Gasteiger partial charge is 0.497 e. The Kier molecular flexibility index (Phi) is 8.29. The number of rotatable bonds is 9. The number of hydrogen-bond donors (Lipinski definition) is 0. The second kappa shape index (κ2) is 11.5. The Morgan fingerprint density at radius 2 is 1.76 bits per heavy atom. The van der Waals surface area contributed by atoms with E-state index >= 15 is 0 Å². The molecule has 3 aromatic carbocycles. The molecule has 4 rings (SSSR count). The fourth-order valence-corrected chi connectivity index (χ4v) is 5.47. The molecular formula is C26H21ClFNO7S2. The van der Waals surface area contributed by atoms with Crippen LogP contribution in [0.1, 0.15) is 18.1 Å². The van der Waals surface area contributed by atoms with Crippen LogP contribution in [0.3, 0.4) is 0 Å². The van der Waals surface area contributed by atoms with Crippen LogP contribution in [0.5, 0.6) is 17.2 Å². The summed E-state index contributed by atoms with van der Waals surface area (Å²) in [6, 6.07) is 13.9. The van der Waals surface area contributed by atoms with Gasteiger partial charge in [0.2, 0.25) is 0 Å². The second-order valence-corrected chi connectivity index (χ2v) is 10.8. The highest BCUT2D eigenvalue weighted by molar-refractivity contribution is 8.18. The predicted molar refractivity (Wildman–Crippen MR) is 141 cm³/mol. The molecule has 2 amide bonds. The molecule has 0 bridgehead atoms. The standard InChI is InChI=1S/C26H21ClFNO7S2/c1-3-35-23-12-16(4-11-22(23)36-38(32,33)20-9-7-19(34-2)8-10-20)13-24-25(30)29(26(31)37-24)15-17-5-6-18(28)14-21(17)27/h4-14H,3,15H2,1-2H3/b24-13-. The highest BCUT2D eigenvalue weighted by atomic mass is 35.5. The summed E-state index contributed by atoms with van der Waals surface area (Å²) in [6.45, 7) is 1.83. The van der Waals surface area contributed by atoms with E-state index in [1.807, 2.05) is 0 Å². The van der Waals surface area contributed by atoms with Crippen LogP contribution >= 0.6 is 23.4 Å². The topological polar surface area (TPSA) is 99.2 Å². The van der Waals surface area contributed by atoms with Crippen LogP contribution in [0, 0.1) is 5.82 Å². The van der Waals surface area contributed by atoms with Crippen molar-refractivity contribution in [2.75, 3.05) is 13.7 Å². The third kappa shape index (κ3) is 6.12. The minimum atomic E-state index is -4.17. The average Bonchev–Trinajstić information content (AvgIpc) is 3.14. The zero-order chi connectivity index (χ0) is 27.4. The van der Waals surface area contributed by atoms with Crippen molar-refractivity contribution in [2.24, 2.45) is 0 Å². The van der Waals surface area contributed by atoms with Crippen molar-refractivity contribution < 1.29 is 36.1 Å². The number of imide groups is 1. The van der Waals surface area contributed by atoms with E-state index in [0.717, 1.165) is 22.7 Å². The monoisotopic (exact) mass is 577 g/mol. The molecule has 38 heavy (non-hydrogen) atoms. The second-order valence-electron chi connectivity index (χ2n) is 7.86. The maximum atomic E-state index is 13.3. The number of thioether (sulfide) groups is 1. The summed E-state index contributed by atoms with van der Waals surface area (Å²) in [7, 11) is -2.70. The predicted octanol–water partition coefficient (Wildman–Crippen LogP) is 5.89. The molecule has 8 nitrogen and oxygen atoms in total. The maximum Gasteiger partial charge on any atom is 0.339 e. The summed E-state index contributed by atoms with van der Waals surface area (Å²) in [5.74, 6) is -0.481. The van der Waals surface area contributed by atoms with Gasteiger partial charge in [0.05, 0.1) is 25.2 Å². The van der Waals surface area contributed by atoms with Crippen molar-refractivity contribution in [3.8, 4) is 17.2 Å². The number of carbonyl (C=O) groups is 2. The molecule has 1 fully saturated rings. The molecule has 0 aliphatic carbocycles. The number of amides is 2. The van der Waals surface area contributed by atoms with Crippen LogP contribution in [0.25, 0.3) is 6.08 Å². The first-order valence-corrected chi connectivity index (χ1v) is 13.8. The lowest BCUT2D eigenvalue weighted by Gasteiger charge is -2.14. The number of benzene rings is 3. The van der Waals surface area contributed by atoms with Crippen LogP contribution in [0.4, 0.5) is 9.18 Å². The van der Waals surface area contributed by atoms with Gasteiger partial charge in [-0.15, -0.1) is 0 Å². The fraction of sp³-hybridized carbons (Fsp3) is 0.154. The van der Waals surface area contributed by atoms with Crippen molar-refractivity contribution in [1.29, 1.82) is 0 Å². The lowest BCUT2D eigenvalue weighted by molar-refractivity contribution is -0.123. The average molecular weight is 578 g/mol. The van der Waals surface area contributed by atoms with E-state index in [9.17, 15) is 22.4 Å². The molecule has 0 saturated carbocycles. The summed E-state index contributed by atoms with van der Waals surface area (Å²) < 4.78 is 54.8. The van der Waals surface area contributed by atoms with Gasteiger partial charge in [-0.25, -0.2) is 4.39 Å². The number of nitrogens with zero attached hydrogens (tertiary/aromatic N) is 1. The Morgan fingerprint density at radius 1 is 1.03 bits per heavy atom. The molecule has 198 valence electrons. The van der Waals surface area contributed by atoms with Gasteiger partial charge in [0.1, 0.15) is 16.5 Å². The van der Waals surface area contributed by atoms with Gasteiger partial charge in [-0.1, -0.05) is 23.7 Å². The molecule has 0 unspecified atom stereocenters. The first-order valence-electron chi connectivity index (χ1n) is 11.2. The van der Waals surface area contributed by atoms with E-state index in [1.54, 1.807) is 6.92 Å². The van der Waals surface area contributed by atoms with Gasteiger partial charge >= 0.3 is 10.1 Å². The molecule has 0 spiro atoms. The van der Waals surface area contributed by atoms with Gasteiger partial charge in [-0.2, -0.15) is 8.42 Å². The Balaban J connectivity index is 1.56. The van der Waals surface area contributed by atoms with E-state index < -0.39 is 27.1 Å². The summed E-state index contributed by atoms with van der Waals surface area (Å²) in [4.78, 5) is 26.5. The number of hydrogen-bond acceptors (Lipinski definition) is 8. The molecule has 0 N–H and O–H groups in total. The zero-order valence-electron chi connectivity index (χ0n) is 20.1. The van der Waals surface area contributed by atoms with E-state index in [0.29, 0.717) is 16.9 Å². The Bertz CT molecular complexity index is 1530. The molecule has 0 radical (unpaired) electrons. The molecular weight excluding hydrogens is 557 g/mol. The zero-order valence-corrected chi connectivity index (χ0v) is 22.5. The van der Waals surface area contributed by atoms with Crippen molar-refractivity contribution >= 4 is 50.7 Å². The van der Waals surface area contributed by atoms with Gasteiger partial charge in [-0.3, -0.25) is 14.5 Å². The van der Waals surface area contributed by atoms with Crippen LogP contribution in [-0.2, 0) is 21.5 Å². The first kappa shape index (κ1) is 27.5. The molecule has 3 aromatic rings. The van der Waals surface area contributed by atoms with Crippen LogP contribution < -0.4 is 13.7 Å². The molecule has 12 heteroatoms. The van der Waals surface area contributed by atoms with Crippen LogP contribution in [0.15, 0.2) is 70.5 Å². The fourth-order valence-electron chi connectivity index (χ4n) is 3.47. The van der Waals surface area contributed by atoms with E-state index in [1.165, 1.54) is 67.8 Å². The minimum Gasteiger partial charge on any atom is -0.497 e. The number of ether oxygens (including phenoxy) is 2. The van der Waals surface area contributed by atoms with Gasteiger partial charge in [-0.05, 0) is 84.4 Å². The molecule has 1 aliphatic heterocycles. The van der Waals surface area contributed by atoms with Crippen molar-refractivity contribution in [2.45, 2.75) is 18.4 Å². The molecule has 1 heterocycles. The molecule has 1 saturated heterocycles. The van der Waals surface area contributed by atoms with E-state index in [4.69, 9.17) is 25.3 Å². The van der Waals surface area contributed by atoms with Crippen LogP contribution in [0.2, 0.25) is 5.02 Å². The van der Waals surface area contributed by atoms with Crippen molar-refractivity contribution in [1.82, 2.24) is 4.90 Å². The van der Waals surface area contributed by atoms with Gasteiger partial charge in [0, 0.05) is 5.02 Å². The lowest BCUT2D eigenvalue weighted by Crippen LogP contribution is -2.27. The maximum absolute atomic E-state index is 13.3. The Labute approximate surface area is 228 Å². The lowest BCUT2D eigenvalue weighted by atomic mass is 10.1. The first-order chi connectivity index (χ1) is 18.1. The minimum absolute atomic E-state index is 0.0427. The summed E-state index contributed by atoms with van der Waals surface area (Å²) in [6.07, 6.45) is 1.49. The summed E-state index contributed by atoms with van der Waals surface area (Å²) in [5.41, 5.74) is 0.905. The number of methoxy groups -OCH3 is 1. The van der Waals surface area contributed by atoms with Crippen molar-refractivity contribution in [3.63, 3.8) is 0 Å². The van der Waals surface area contributed by atoms with Crippen LogP contribution in [-0.4, -0.2) is 38.2 Å². The Morgan fingerprint density at radius 3 is 2.42 bits per heavy atom. The third-order valence-corrected chi connectivity index (χ3v) is 7.84. The smallest absolute Gasteiger partial charge is 0.339 e.